The first-order valence-electron chi connectivity index (χ1n) is 6.32. The van der Waals surface area contributed by atoms with Crippen LogP contribution in [0.15, 0.2) is 23.1 Å². The van der Waals surface area contributed by atoms with Gasteiger partial charge in [0.05, 0.1) is 11.7 Å². The summed E-state index contributed by atoms with van der Waals surface area (Å²) in [6.07, 6.45) is 2.85. The van der Waals surface area contributed by atoms with Crippen LogP contribution in [0.5, 0.6) is 5.75 Å². The Bertz CT molecular complexity index is 616. The SMILES string of the molecule is N#Cc1cccc(S(N)(=O)=O)c1OCC1CCCCO1. The van der Waals surface area contributed by atoms with Crippen LogP contribution in [0.4, 0.5) is 0 Å². The van der Waals surface area contributed by atoms with E-state index in [1.807, 2.05) is 6.07 Å². The minimum Gasteiger partial charge on any atom is -0.488 e. The van der Waals surface area contributed by atoms with Crippen LogP contribution in [-0.4, -0.2) is 27.7 Å². The highest BCUT2D eigenvalue weighted by atomic mass is 32.2. The van der Waals surface area contributed by atoms with Gasteiger partial charge >= 0.3 is 0 Å². The molecule has 0 bridgehead atoms. The van der Waals surface area contributed by atoms with E-state index in [2.05, 4.69) is 0 Å². The van der Waals surface area contributed by atoms with Gasteiger partial charge in [0.2, 0.25) is 10.0 Å². The maximum atomic E-state index is 11.5. The van der Waals surface area contributed by atoms with Crippen molar-refractivity contribution >= 4 is 10.0 Å². The van der Waals surface area contributed by atoms with E-state index in [0.717, 1.165) is 19.3 Å². The van der Waals surface area contributed by atoms with Gasteiger partial charge in [-0.05, 0) is 31.4 Å². The van der Waals surface area contributed by atoms with Crippen molar-refractivity contribution in [2.45, 2.75) is 30.3 Å². The van der Waals surface area contributed by atoms with E-state index < -0.39 is 10.0 Å². The lowest BCUT2D eigenvalue weighted by Gasteiger charge is -2.23. The number of nitriles is 1. The van der Waals surface area contributed by atoms with Crippen LogP contribution in [-0.2, 0) is 14.8 Å². The van der Waals surface area contributed by atoms with E-state index in [-0.39, 0.29) is 28.9 Å². The quantitative estimate of drug-likeness (QED) is 0.898. The molecule has 1 aliphatic rings. The van der Waals surface area contributed by atoms with Crippen molar-refractivity contribution in [2.24, 2.45) is 5.14 Å². The summed E-state index contributed by atoms with van der Waals surface area (Å²) in [6, 6.07) is 6.19. The van der Waals surface area contributed by atoms with Gasteiger partial charge in [-0.15, -0.1) is 0 Å². The summed E-state index contributed by atoms with van der Waals surface area (Å²) in [5, 5.41) is 14.2. The lowest BCUT2D eigenvalue weighted by molar-refractivity contribution is -0.0116. The summed E-state index contributed by atoms with van der Waals surface area (Å²) < 4.78 is 34.1. The maximum Gasteiger partial charge on any atom is 0.241 e. The third-order valence-corrected chi connectivity index (χ3v) is 4.03. The van der Waals surface area contributed by atoms with E-state index >= 15 is 0 Å². The molecule has 0 amide bonds. The Balaban J connectivity index is 2.23. The van der Waals surface area contributed by atoms with Gasteiger partial charge in [0.1, 0.15) is 17.6 Å². The number of nitrogens with zero attached hydrogens (tertiary/aromatic N) is 1. The van der Waals surface area contributed by atoms with Gasteiger partial charge < -0.3 is 9.47 Å². The molecule has 2 rings (SSSR count). The molecule has 1 atom stereocenters. The van der Waals surface area contributed by atoms with Gasteiger partial charge in [0.15, 0.2) is 5.75 Å². The first kappa shape index (κ1) is 14.8. The Morgan fingerprint density at radius 2 is 2.25 bits per heavy atom. The lowest BCUT2D eigenvalue weighted by atomic mass is 10.1. The highest BCUT2D eigenvalue weighted by Crippen LogP contribution is 2.27. The van der Waals surface area contributed by atoms with Crippen LogP contribution >= 0.6 is 0 Å². The van der Waals surface area contributed by atoms with Crippen LogP contribution in [0.25, 0.3) is 0 Å². The Morgan fingerprint density at radius 3 is 2.85 bits per heavy atom. The average Bonchev–Trinajstić information content (AvgIpc) is 2.44. The molecule has 1 heterocycles. The number of primary sulfonamides is 1. The molecule has 20 heavy (non-hydrogen) atoms. The molecule has 108 valence electrons. The fraction of sp³-hybridized carbons (Fsp3) is 0.462. The molecule has 1 aromatic rings. The summed E-state index contributed by atoms with van der Waals surface area (Å²) in [6.45, 7) is 0.886. The molecule has 1 aromatic carbocycles. The molecular weight excluding hydrogens is 280 g/mol. The lowest BCUT2D eigenvalue weighted by Crippen LogP contribution is -2.26. The van der Waals surface area contributed by atoms with E-state index in [9.17, 15) is 8.42 Å². The Morgan fingerprint density at radius 1 is 1.45 bits per heavy atom. The Hall–Kier alpha value is -1.62. The minimum absolute atomic E-state index is 0.00618. The number of hydrogen-bond donors (Lipinski definition) is 1. The molecular formula is C13H16N2O4S. The molecule has 1 unspecified atom stereocenters. The fourth-order valence-corrected chi connectivity index (χ4v) is 2.79. The highest BCUT2D eigenvalue weighted by Gasteiger charge is 2.21. The smallest absolute Gasteiger partial charge is 0.241 e. The van der Waals surface area contributed by atoms with Crippen molar-refractivity contribution in [1.29, 1.82) is 5.26 Å². The van der Waals surface area contributed by atoms with Crippen molar-refractivity contribution in [3.63, 3.8) is 0 Å². The number of rotatable bonds is 4. The number of sulfonamides is 1. The number of ether oxygens (including phenoxy) is 2. The van der Waals surface area contributed by atoms with E-state index in [1.54, 1.807) is 0 Å². The molecule has 1 saturated heterocycles. The first-order chi connectivity index (χ1) is 9.52. The monoisotopic (exact) mass is 296 g/mol. The predicted molar refractivity (Wildman–Crippen MR) is 71.6 cm³/mol. The van der Waals surface area contributed by atoms with Crippen LogP contribution < -0.4 is 9.88 Å². The molecule has 0 spiro atoms. The molecule has 1 aliphatic heterocycles. The van der Waals surface area contributed by atoms with Gasteiger partial charge in [-0.3, -0.25) is 0 Å². The second kappa shape index (κ2) is 6.22. The highest BCUT2D eigenvalue weighted by molar-refractivity contribution is 7.89. The minimum atomic E-state index is -3.94. The molecule has 6 nitrogen and oxygen atoms in total. The zero-order valence-electron chi connectivity index (χ0n) is 10.9. The molecule has 0 aliphatic carbocycles. The number of nitrogens with two attached hydrogens (primary N) is 1. The molecule has 0 radical (unpaired) electrons. The molecule has 1 fully saturated rings. The zero-order valence-corrected chi connectivity index (χ0v) is 11.7. The molecule has 0 aromatic heterocycles. The second-order valence-corrected chi connectivity index (χ2v) is 6.12. The third kappa shape index (κ3) is 3.48. The van der Waals surface area contributed by atoms with E-state index in [4.69, 9.17) is 19.9 Å². The largest absolute Gasteiger partial charge is 0.488 e. The van der Waals surface area contributed by atoms with Crippen LogP contribution in [0, 0.1) is 11.3 Å². The zero-order chi connectivity index (χ0) is 14.6. The topological polar surface area (TPSA) is 102 Å². The summed E-state index contributed by atoms with van der Waals surface area (Å²) >= 11 is 0. The summed E-state index contributed by atoms with van der Waals surface area (Å²) in [7, 11) is -3.94. The average molecular weight is 296 g/mol. The molecule has 7 heteroatoms. The molecule has 2 N–H and O–H groups in total. The van der Waals surface area contributed by atoms with Gasteiger partial charge in [-0.25, -0.2) is 13.6 Å². The Labute approximate surface area is 118 Å². The Kier molecular flexibility index (Phi) is 4.60. The van der Waals surface area contributed by atoms with Crippen molar-refractivity contribution in [3.8, 4) is 11.8 Å². The third-order valence-electron chi connectivity index (χ3n) is 3.09. The maximum absolute atomic E-state index is 11.5. The second-order valence-electron chi connectivity index (χ2n) is 4.59. The molecule has 0 saturated carbocycles. The van der Waals surface area contributed by atoms with E-state index in [0.29, 0.717) is 6.61 Å². The van der Waals surface area contributed by atoms with E-state index in [1.165, 1.54) is 18.2 Å². The van der Waals surface area contributed by atoms with Gasteiger partial charge in [0.25, 0.3) is 0 Å². The summed E-state index contributed by atoms with van der Waals surface area (Å²) in [5.74, 6) is 0.00618. The van der Waals surface area contributed by atoms with Crippen molar-refractivity contribution in [3.05, 3.63) is 23.8 Å². The summed E-state index contributed by atoms with van der Waals surface area (Å²) in [5.41, 5.74) is 0.146. The van der Waals surface area contributed by atoms with Crippen molar-refractivity contribution in [1.82, 2.24) is 0 Å². The van der Waals surface area contributed by atoms with Crippen LogP contribution in [0.2, 0.25) is 0 Å². The van der Waals surface area contributed by atoms with Gasteiger partial charge in [0, 0.05) is 6.61 Å². The van der Waals surface area contributed by atoms with Crippen molar-refractivity contribution in [2.75, 3.05) is 13.2 Å². The normalized spacial score (nSPS) is 19.3. The summed E-state index contributed by atoms with van der Waals surface area (Å²) in [4.78, 5) is -0.174. The number of para-hydroxylation sites is 1. The van der Waals surface area contributed by atoms with Crippen LogP contribution in [0.1, 0.15) is 24.8 Å². The number of hydrogen-bond acceptors (Lipinski definition) is 5. The van der Waals surface area contributed by atoms with Gasteiger partial charge in [-0.2, -0.15) is 5.26 Å². The van der Waals surface area contributed by atoms with Gasteiger partial charge in [-0.1, -0.05) is 6.07 Å². The standard InChI is InChI=1S/C13H16N2O4S/c14-8-10-4-3-6-12(20(15,16)17)13(10)19-9-11-5-1-2-7-18-11/h3-4,6,11H,1-2,5,7,9H2,(H2,15,16,17). The predicted octanol–water partition coefficient (Wildman–Crippen LogP) is 1.15. The number of benzene rings is 1. The van der Waals surface area contributed by atoms with Crippen molar-refractivity contribution < 1.29 is 17.9 Å². The fourth-order valence-electron chi connectivity index (χ4n) is 2.09. The van der Waals surface area contributed by atoms with Crippen LogP contribution in [0.3, 0.4) is 0 Å². The first-order valence-corrected chi connectivity index (χ1v) is 7.87.